The fourth-order valence-electron chi connectivity index (χ4n) is 3.42. The molecule has 2 fully saturated rings. The van der Waals surface area contributed by atoms with E-state index in [1.807, 2.05) is 0 Å². The molecule has 0 bridgehead atoms. The van der Waals surface area contributed by atoms with Gasteiger partial charge in [-0.05, 0) is 42.6 Å². The van der Waals surface area contributed by atoms with Gasteiger partial charge in [-0.2, -0.15) is 0 Å². The number of hydrogen-bond acceptors (Lipinski definition) is 3. The van der Waals surface area contributed by atoms with Crippen molar-refractivity contribution >= 4 is 11.0 Å². The number of likely N-dealkylation sites (tertiary alicyclic amines) is 1. The Hall–Kier alpha value is -1.39. The van der Waals surface area contributed by atoms with Gasteiger partial charge in [-0.3, -0.25) is 4.90 Å². The molecule has 0 saturated carbocycles. The van der Waals surface area contributed by atoms with E-state index < -0.39 is 0 Å². The number of aromatic nitrogens is 2. The van der Waals surface area contributed by atoms with E-state index in [-0.39, 0.29) is 0 Å². The van der Waals surface area contributed by atoms with Gasteiger partial charge in [0, 0.05) is 19.6 Å². The van der Waals surface area contributed by atoms with Crippen LogP contribution in [0.5, 0.6) is 0 Å². The number of fused-ring (bicyclic) bond motifs is 2. The van der Waals surface area contributed by atoms with Crippen LogP contribution >= 0.6 is 0 Å². The molecule has 2 atom stereocenters. The van der Waals surface area contributed by atoms with Gasteiger partial charge in [0.15, 0.2) is 0 Å². The quantitative estimate of drug-likeness (QED) is 0.832. The lowest BCUT2D eigenvalue weighted by Crippen LogP contribution is -2.25. The first-order chi connectivity index (χ1) is 8.88. The van der Waals surface area contributed by atoms with Crippen LogP contribution < -0.4 is 5.32 Å². The Morgan fingerprint density at radius 1 is 1.22 bits per heavy atom. The maximum Gasteiger partial charge on any atom is 0.0931 e. The molecule has 4 nitrogen and oxygen atoms in total. The number of nitrogens with one attached hydrogen (secondary N) is 2. The van der Waals surface area contributed by atoms with Gasteiger partial charge in [-0.1, -0.05) is 6.07 Å². The number of H-pyrrole nitrogens is 1. The zero-order chi connectivity index (χ0) is 11.9. The van der Waals surface area contributed by atoms with E-state index >= 15 is 0 Å². The van der Waals surface area contributed by atoms with Gasteiger partial charge >= 0.3 is 0 Å². The molecule has 3 heterocycles. The summed E-state index contributed by atoms with van der Waals surface area (Å²) in [5, 5.41) is 3.49. The van der Waals surface area contributed by atoms with E-state index in [1.165, 1.54) is 31.7 Å². The molecule has 2 saturated heterocycles. The first-order valence-electron chi connectivity index (χ1n) is 6.73. The smallest absolute Gasteiger partial charge is 0.0931 e. The van der Waals surface area contributed by atoms with Crippen molar-refractivity contribution in [2.24, 2.45) is 11.8 Å². The minimum atomic E-state index is 0.876. The highest BCUT2D eigenvalue weighted by molar-refractivity contribution is 5.74. The average Bonchev–Trinajstić information content (AvgIpc) is 3.02. The fraction of sp³-hybridized carbons (Fsp3) is 0.500. The highest BCUT2D eigenvalue weighted by Crippen LogP contribution is 2.27. The van der Waals surface area contributed by atoms with Gasteiger partial charge in [0.2, 0.25) is 0 Å². The molecule has 0 spiro atoms. The SMILES string of the molecule is c1nc2ccc(CN3C[C@H]4CNC[C@H]4C3)cc2[nH]1. The predicted octanol–water partition coefficient (Wildman–Crippen LogP) is 1.21. The minimum Gasteiger partial charge on any atom is -0.345 e. The number of hydrogen-bond donors (Lipinski definition) is 2. The van der Waals surface area contributed by atoms with Crippen molar-refractivity contribution < 1.29 is 0 Å². The normalized spacial score (nSPS) is 28.0. The van der Waals surface area contributed by atoms with Crippen LogP contribution in [0.15, 0.2) is 24.5 Å². The Bertz CT molecular complexity index is 550. The monoisotopic (exact) mass is 242 g/mol. The lowest BCUT2D eigenvalue weighted by Gasteiger charge is -2.16. The summed E-state index contributed by atoms with van der Waals surface area (Å²) in [7, 11) is 0. The second kappa shape index (κ2) is 4.07. The Morgan fingerprint density at radius 2 is 2.06 bits per heavy atom. The summed E-state index contributed by atoms with van der Waals surface area (Å²) in [6.45, 7) is 5.99. The molecular weight excluding hydrogens is 224 g/mol. The van der Waals surface area contributed by atoms with Gasteiger partial charge < -0.3 is 10.3 Å². The topological polar surface area (TPSA) is 44.0 Å². The average molecular weight is 242 g/mol. The summed E-state index contributed by atoms with van der Waals surface area (Å²) in [6, 6.07) is 6.55. The van der Waals surface area contributed by atoms with Crippen LogP contribution in [0.3, 0.4) is 0 Å². The van der Waals surface area contributed by atoms with Crippen molar-refractivity contribution in [3.63, 3.8) is 0 Å². The van der Waals surface area contributed by atoms with Crippen LogP contribution in [0, 0.1) is 11.8 Å². The molecule has 1 aromatic heterocycles. The number of imidazole rings is 1. The molecule has 2 N–H and O–H groups in total. The zero-order valence-electron chi connectivity index (χ0n) is 10.4. The van der Waals surface area contributed by atoms with Gasteiger partial charge in [-0.15, -0.1) is 0 Å². The molecule has 0 amide bonds. The molecule has 4 rings (SSSR count). The van der Waals surface area contributed by atoms with Crippen molar-refractivity contribution in [3.05, 3.63) is 30.1 Å². The standard InChI is InChI=1S/C14H18N4/c1-2-13-14(17-9-16-13)3-10(1)6-18-7-11-4-15-5-12(11)8-18/h1-3,9,11-12,15H,4-8H2,(H,16,17)/t11-,12+. The number of rotatable bonds is 2. The molecule has 94 valence electrons. The number of benzene rings is 1. The fourth-order valence-corrected chi connectivity index (χ4v) is 3.42. The molecule has 0 unspecified atom stereocenters. The lowest BCUT2D eigenvalue weighted by atomic mass is 10.0. The van der Waals surface area contributed by atoms with E-state index in [4.69, 9.17) is 0 Å². The summed E-state index contributed by atoms with van der Waals surface area (Å²) in [5.41, 5.74) is 3.59. The van der Waals surface area contributed by atoms with E-state index in [0.717, 1.165) is 29.4 Å². The molecule has 1 aromatic carbocycles. The molecule has 18 heavy (non-hydrogen) atoms. The van der Waals surface area contributed by atoms with Gasteiger partial charge in [0.1, 0.15) is 0 Å². The Kier molecular flexibility index (Phi) is 2.38. The Labute approximate surface area is 106 Å². The van der Waals surface area contributed by atoms with E-state index in [2.05, 4.69) is 38.4 Å². The van der Waals surface area contributed by atoms with Crippen LogP contribution in [0.1, 0.15) is 5.56 Å². The van der Waals surface area contributed by atoms with Crippen molar-refractivity contribution in [2.75, 3.05) is 26.2 Å². The first kappa shape index (κ1) is 10.5. The molecule has 2 aliphatic rings. The molecule has 4 heteroatoms. The highest BCUT2D eigenvalue weighted by atomic mass is 15.2. The van der Waals surface area contributed by atoms with E-state index in [0.29, 0.717) is 0 Å². The van der Waals surface area contributed by atoms with Crippen LogP contribution in [-0.4, -0.2) is 41.0 Å². The van der Waals surface area contributed by atoms with Gasteiger partial charge in [-0.25, -0.2) is 4.98 Å². The Morgan fingerprint density at radius 3 is 2.89 bits per heavy atom. The van der Waals surface area contributed by atoms with Crippen molar-refractivity contribution in [1.82, 2.24) is 20.2 Å². The van der Waals surface area contributed by atoms with Gasteiger partial charge in [0.05, 0.1) is 17.4 Å². The van der Waals surface area contributed by atoms with E-state index in [9.17, 15) is 0 Å². The second-order valence-corrected chi connectivity index (χ2v) is 5.63. The molecule has 2 aliphatic heterocycles. The van der Waals surface area contributed by atoms with Crippen molar-refractivity contribution in [1.29, 1.82) is 0 Å². The molecule has 2 aromatic rings. The zero-order valence-corrected chi connectivity index (χ0v) is 10.4. The lowest BCUT2D eigenvalue weighted by molar-refractivity contribution is 0.306. The van der Waals surface area contributed by atoms with Gasteiger partial charge in [0.25, 0.3) is 0 Å². The third kappa shape index (κ3) is 1.72. The van der Waals surface area contributed by atoms with E-state index in [1.54, 1.807) is 6.33 Å². The van der Waals surface area contributed by atoms with Crippen LogP contribution in [0.25, 0.3) is 11.0 Å². The van der Waals surface area contributed by atoms with Crippen molar-refractivity contribution in [2.45, 2.75) is 6.54 Å². The number of nitrogens with zero attached hydrogens (tertiary/aromatic N) is 2. The third-order valence-electron chi connectivity index (χ3n) is 4.36. The highest BCUT2D eigenvalue weighted by Gasteiger charge is 2.35. The van der Waals surface area contributed by atoms with Crippen LogP contribution in [0.2, 0.25) is 0 Å². The second-order valence-electron chi connectivity index (χ2n) is 5.63. The molecular formula is C14H18N4. The number of aromatic amines is 1. The first-order valence-corrected chi connectivity index (χ1v) is 6.73. The van der Waals surface area contributed by atoms with Crippen molar-refractivity contribution in [3.8, 4) is 0 Å². The predicted molar refractivity (Wildman–Crippen MR) is 71.2 cm³/mol. The summed E-state index contributed by atoms with van der Waals surface area (Å²) >= 11 is 0. The maximum absolute atomic E-state index is 4.26. The summed E-state index contributed by atoms with van der Waals surface area (Å²) < 4.78 is 0. The summed E-state index contributed by atoms with van der Waals surface area (Å²) in [6.07, 6.45) is 1.76. The van der Waals surface area contributed by atoms with Crippen LogP contribution in [0.4, 0.5) is 0 Å². The maximum atomic E-state index is 4.26. The summed E-state index contributed by atoms with van der Waals surface area (Å²) in [4.78, 5) is 10.0. The van der Waals surface area contributed by atoms with Crippen LogP contribution in [-0.2, 0) is 6.54 Å². The Balaban J connectivity index is 1.51. The molecule has 0 aliphatic carbocycles. The summed E-state index contributed by atoms with van der Waals surface area (Å²) in [5.74, 6) is 1.75. The largest absolute Gasteiger partial charge is 0.345 e. The minimum absolute atomic E-state index is 0.876. The third-order valence-corrected chi connectivity index (χ3v) is 4.36. The molecule has 0 radical (unpaired) electrons.